The Morgan fingerprint density at radius 3 is 2.19 bits per heavy atom. The van der Waals surface area contributed by atoms with Gasteiger partial charge in [-0.1, -0.05) is 30.3 Å². The van der Waals surface area contributed by atoms with Crippen LogP contribution in [0.15, 0.2) is 64.6 Å². The van der Waals surface area contributed by atoms with Crippen LogP contribution < -0.4 is 5.01 Å². The number of benzene rings is 2. The van der Waals surface area contributed by atoms with Crippen LogP contribution >= 0.6 is 0 Å². The summed E-state index contributed by atoms with van der Waals surface area (Å²) in [7, 11) is -0.713. The van der Waals surface area contributed by atoms with Crippen molar-refractivity contribution in [1.29, 1.82) is 0 Å². The van der Waals surface area contributed by atoms with E-state index in [9.17, 15) is 18.0 Å². The fraction of sp³-hybridized carbons (Fsp3) is 0.211. The van der Waals surface area contributed by atoms with E-state index in [2.05, 4.69) is 5.10 Å². The summed E-state index contributed by atoms with van der Waals surface area (Å²) in [5.74, 6) is -1.84. The number of nitrogens with zero attached hydrogens (tertiary/aromatic N) is 3. The Hall–Kier alpha value is -2.84. The van der Waals surface area contributed by atoms with Crippen molar-refractivity contribution in [3.63, 3.8) is 0 Å². The van der Waals surface area contributed by atoms with Crippen LogP contribution in [-0.2, 0) is 14.8 Å². The number of anilines is 1. The lowest BCUT2D eigenvalue weighted by Gasteiger charge is -2.14. The van der Waals surface area contributed by atoms with E-state index in [4.69, 9.17) is 0 Å². The zero-order valence-electron chi connectivity index (χ0n) is 15.2. The lowest BCUT2D eigenvalue weighted by molar-refractivity contribution is -0.118. The van der Waals surface area contributed by atoms with Crippen molar-refractivity contribution in [3.8, 4) is 0 Å². The molecular formula is C19H19N3O4S. The molecule has 0 radical (unpaired) electrons. The molecule has 2 aromatic carbocycles. The second-order valence-electron chi connectivity index (χ2n) is 6.34. The smallest absolute Gasteiger partial charge is 0.264 e. The van der Waals surface area contributed by atoms with E-state index >= 15 is 0 Å². The molecule has 1 amide bonds. The van der Waals surface area contributed by atoms with Gasteiger partial charge >= 0.3 is 0 Å². The summed E-state index contributed by atoms with van der Waals surface area (Å²) in [5, 5.41) is 5.45. The molecule has 0 fully saturated rings. The van der Waals surface area contributed by atoms with Gasteiger partial charge in [-0.25, -0.2) is 12.7 Å². The first kappa shape index (κ1) is 18.9. The maximum absolute atomic E-state index is 12.9. The monoisotopic (exact) mass is 385 g/mol. The molecule has 0 spiro atoms. The van der Waals surface area contributed by atoms with Crippen LogP contribution in [0.5, 0.6) is 0 Å². The molecular weight excluding hydrogens is 366 g/mol. The van der Waals surface area contributed by atoms with Gasteiger partial charge in [0.2, 0.25) is 10.0 Å². The van der Waals surface area contributed by atoms with Gasteiger partial charge in [-0.05, 0) is 31.2 Å². The van der Waals surface area contributed by atoms with Crippen molar-refractivity contribution in [3.05, 3.63) is 60.2 Å². The van der Waals surface area contributed by atoms with Gasteiger partial charge in [0.15, 0.2) is 5.78 Å². The van der Waals surface area contributed by atoms with Gasteiger partial charge < -0.3 is 0 Å². The molecule has 7 nitrogen and oxygen atoms in total. The van der Waals surface area contributed by atoms with E-state index in [0.717, 1.165) is 4.31 Å². The Bertz CT molecular complexity index is 1010. The summed E-state index contributed by atoms with van der Waals surface area (Å²) < 4.78 is 25.4. The number of ketones is 1. The maximum atomic E-state index is 12.9. The minimum atomic E-state index is -3.58. The second-order valence-corrected chi connectivity index (χ2v) is 8.49. The van der Waals surface area contributed by atoms with Crippen LogP contribution in [0.3, 0.4) is 0 Å². The number of para-hydroxylation sites is 1. The van der Waals surface area contributed by atoms with Crippen LogP contribution in [0, 0.1) is 5.92 Å². The topological polar surface area (TPSA) is 87.1 Å². The van der Waals surface area contributed by atoms with Crippen LogP contribution in [0.25, 0.3) is 0 Å². The second kappa shape index (κ2) is 7.05. The number of hydrogen-bond acceptors (Lipinski definition) is 5. The highest BCUT2D eigenvalue weighted by Gasteiger charge is 2.40. The van der Waals surface area contributed by atoms with Gasteiger partial charge in [-0.15, -0.1) is 0 Å². The highest BCUT2D eigenvalue weighted by molar-refractivity contribution is 7.89. The number of Topliss-reactive ketones (excluding diaryl/α,β-unsaturated/α-hetero) is 1. The third-order valence-corrected chi connectivity index (χ3v) is 6.14. The molecule has 0 saturated heterocycles. The van der Waals surface area contributed by atoms with Gasteiger partial charge in [-0.2, -0.15) is 10.1 Å². The first-order valence-electron chi connectivity index (χ1n) is 8.24. The minimum absolute atomic E-state index is 0.0816. The fourth-order valence-corrected chi connectivity index (χ4v) is 3.69. The van der Waals surface area contributed by atoms with E-state index in [0.29, 0.717) is 11.4 Å². The lowest BCUT2D eigenvalue weighted by atomic mass is 9.94. The average molecular weight is 385 g/mol. The van der Waals surface area contributed by atoms with Crippen molar-refractivity contribution in [1.82, 2.24) is 4.31 Å². The maximum Gasteiger partial charge on any atom is 0.264 e. The third-order valence-electron chi connectivity index (χ3n) is 4.31. The van der Waals surface area contributed by atoms with Crippen molar-refractivity contribution in [2.45, 2.75) is 11.8 Å². The molecule has 0 aliphatic carbocycles. The SMILES string of the molecule is CC1=NN(c2ccccc2)C(=O)[C@@H]1C(=O)c1ccc(S(=O)(=O)N(C)C)cc1. The quantitative estimate of drug-likeness (QED) is 0.583. The van der Waals surface area contributed by atoms with Crippen LogP contribution in [-0.4, -0.2) is 44.2 Å². The summed E-state index contributed by atoms with van der Waals surface area (Å²) in [6.07, 6.45) is 0. The molecule has 27 heavy (non-hydrogen) atoms. The molecule has 2 aromatic rings. The summed E-state index contributed by atoms with van der Waals surface area (Å²) in [6.45, 7) is 1.63. The van der Waals surface area contributed by atoms with E-state index in [1.807, 2.05) is 6.07 Å². The van der Waals surface area contributed by atoms with Gasteiger partial charge in [0, 0.05) is 19.7 Å². The van der Waals surface area contributed by atoms with Crippen molar-refractivity contribution in [2.24, 2.45) is 11.0 Å². The molecule has 8 heteroatoms. The van der Waals surface area contributed by atoms with E-state index in [1.165, 1.54) is 43.4 Å². The summed E-state index contributed by atoms with van der Waals surface area (Å²) in [4.78, 5) is 25.7. The molecule has 140 valence electrons. The number of amides is 1. The molecule has 0 unspecified atom stereocenters. The van der Waals surface area contributed by atoms with Crippen molar-refractivity contribution < 1.29 is 18.0 Å². The van der Waals surface area contributed by atoms with Crippen molar-refractivity contribution in [2.75, 3.05) is 19.1 Å². The van der Waals surface area contributed by atoms with Crippen LogP contribution in [0.1, 0.15) is 17.3 Å². The number of carbonyl (C=O) groups excluding carboxylic acids is 2. The Morgan fingerprint density at radius 1 is 1.04 bits per heavy atom. The summed E-state index contributed by atoms with van der Waals surface area (Å²) in [5.41, 5.74) is 1.25. The molecule has 0 N–H and O–H groups in total. The van der Waals surface area contributed by atoms with Crippen LogP contribution in [0.2, 0.25) is 0 Å². The zero-order valence-corrected chi connectivity index (χ0v) is 16.0. The Balaban J connectivity index is 1.86. The van der Waals surface area contributed by atoms with Crippen molar-refractivity contribution >= 4 is 33.1 Å². The molecule has 0 saturated carbocycles. The Morgan fingerprint density at radius 2 is 1.63 bits per heavy atom. The molecule has 1 heterocycles. The first-order valence-corrected chi connectivity index (χ1v) is 9.68. The number of hydrazone groups is 1. The first-order chi connectivity index (χ1) is 12.7. The largest absolute Gasteiger partial charge is 0.293 e. The average Bonchev–Trinajstić information content (AvgIpc) is 2.96. The standard InChI is InChI=1S/C19H19N3O4S/c1-13-17(19(24)22(20-13)15-7-5-4-6-8-15)18(23)14-9-11-16(12-10-14)27(25,26)21(2)3/h4-12,17H,1-3H3/t17-/m0/s1. The molecule has 0 aromatic heterocycles. The fourth-order valence-electron chi connectivity index (χ4n) is 2.79. The summed E-state index contributed by atoms with van der Waals surface area (Å²) in [6, 6.07) is 14.4. The number of hydrogen-bond donors (Lipinski definition) is 0. The van der Waals surface area contributed by atoms with E-state index < -0.39 is 27.6 Å². The predicted molar refractivity (Wildman–Crippen MR) is 102 cm³/mol. The van der Waals surface area contributed by atoms with Crippen LogP contribution in [0.4, 0.5) is 5.69 Å². The normalized spacial score (nSPS) is 17.3. The molecule has 1 atom stereocenters. The minimum Gasteiger partial charge on any atom is -0.293 e. The van der Waals surface area contributed by atoms with E-state index in [-0.39, 0.29) is 10.5 Å². The summed E-state index contributed by atoms with van der Waals surface area (Å²) >= 11 is 0. The number of carbonyl (C=O) groups is 2. The highest BCUT2D eigenvalue weighted by Crippen LogP contribution is 2.26. The number of sulfonamides is 1. The zero-order chi connectivity index (χ0) is 19.8. The van der Waals surface area contributed by atoms with Gasteiger partial charge in [0.05, 0.1) is 16.3 Å². The van der Waals surface area contributed by atoms with Gasteiger partial charge in [-0.3, -0.25) is 9.59 Å². The predicted octanol–water partition coefficient (Wildman–Crippen LogP) is 2.16. The van der Waals surface area contributed by atoms with Gasteiger partial charge in [0.1, 0.15) is 5.92 Å². The Kier molecular flexibility index (Phi) is 4.95. The number of rotatable bonds is 5. The lowest BCUT2D eigenvalue weighted by Crippen LogP contribution is -2.32. The third kappa shape index (κ3) is 3.41. The molecule has 1 aliphatic rings. The molecule has 3 rings (SSSR count). The molecule has 0 bridgehead atoms. The molecule has 1 aliphatic heterocycles. The Labute approximate surface area is 158 Å². The van der Waals surface area contributed by atoms with E-state index in [1.54, 1.807) is 31.2 Å². The highest BCUT2D eigenvalue weighted by atomic mass is 32.2. The van der Waals surface area contributed by atoms with Gasteiger partial charge in [0.25, 0.3) is 5.91 Å².